The van der Waals surface area contributed by atoms with Gasteiger partial charge in [-0.1, -0.05) is 13.8 Å². The number of fused-ring (bicyclic) bond motifs is 2. The average molecular weight is 416 g/mol. The first kappa shape index (κ1) is 19.8. The Hall–Kier alpha value is -3.15. The number of benzene rings is 2. The summed E-state index contributed by atoms with van der Waals surface area (Å²) in [6.45, 7) is 8.64. The van der Waals surface area contributed by atoms with E-state index in [1.807, 2.05) is 32.4 Å². The van der Waals surface area contributed by atoms with E-state index in [9.17, 15) is 5.11 Å². The first-order valence-corrected chi connectivity index (χ1v) is 11.0. The van der Waals surface area contributed by atoms with E-state index < -0.39 is 0 Å². The van der Waals surface area contributed by atoms with Crippen LogP contribution in [-0.2, 0) is 7.05 Å². The molecule has 1 aliphatic rings. The summed E-state index contributed by atoms with van der Waals surface area (Å²) >= 11 is 0. The molecule has 5 rings (SSSR count). The van der Waals surface area contributed by atoms with E-state index in [4.69, 9.17) is 4.98 Å². The van der Waals surface area contributed by atoms with E-state index in [0.717, 1.165) is 46.9 Å². The van der Waals surface area contributed by atoms with Crippen molar-refractivity contribution in [1.82, 2.24) is 19.7 Å². The third-order valence-corrected chi connectivity index (χ3v) is 6.46. The lowest BCUT2D eigenvalue weighted by Crippen LogP contribution is -2.30. The molecule has 2 heterocycles. The van der Waals surface area contributed by atoms with E-state index in [0.29, 0.717) is 16.8 Å². The summed E-state index contributed by atoms with van der Waals surface area (Å²) < 4.78 is 1.76. The van der Waals surface area contributed by atoms with Crippen LogP contribution in [0.5, 0.6) is 5.75 Å². The fourth-order valence-electron chi connectivity index (χ4n) is 4.36. The Morgan fingerprint density at radius 1 is 1.19 bits per heavy atom. The minimum absolute atomic E-state index is 0.189. The first-order valence-electron chi connectivity index (χ1n) is 11.0. The molecule has 1 saturated carbocycles. The van der Waals surface area contributed by atoms with Crippen LogP contribution in [-0.4, -0.2) is 37.9 Å². The molecule has 1 N–H and O–H groups in total. The molecule has 4 aromatic rings. The molecule has 0 radical (unpaired) electrons. The van der Waals surface area contributed by atoms with Crippen LogP contribution in [0.4, 0.5) is 5.69 Å². The maximum absolute atomic E-state index is 10.8. The van der Waals surface area contributed by atoms with Crippen LogP contribution < -0.4 is 4.90 Å². The quantitative estimate of drug-likeness (QED) is 0.468. The average Bonchev–Trinajstić information content (AvgIpc) is 3.36. The number of aryl methyl sites for hydroxylation is 2. The van der Waals surface area contributed by atoms with Crippen molar-refractivity contribution in [3.8, 4) is 17.1 Å². The summed E-state index contributed by atoms with van der Waals surface area (Å²) in [5.41, 5.74) is 4.76. The molecular weight excluding hydrogens is 386 g/mol. The SMILES string of the molecule is CCCN(CC1(C)CC1)c1ccc2nc(-c3cc4cn(C)nc4c(C)c3O)ncc2c1. The molecule has 160 valence electrons. The number of rotatable bonds is 6. The van der Waals surface area contributed by atoms with Gasteiger partial charge in [-0.25, -0.2) is 9.97 Å². The summed E-state index contributed by atoms with van der Waals surface area (Å²) in [6, 6.07) is 8.34. The number of phenolic OH excluding ortho intramolecular Hbond substituents is 1. The molecule has 0 unspecified atom stereocenters. The van der Waals surface area contributed by atoms with Crippen molar-refractivity contribution in [3.63, 3.8) is 0 Å². The van der Waals surface area contributed by atoms with Gasteiger partial charge in [-0.3, -0.25) is 4.68 Å². The van der Waals surface area contributed by atoms with E-state index in [-0.39, 0.29) is 5.75 Å². The number of hydrogen-bond acceptors (Lipinski definition) is 5. The number of hydrogen-bond donors (Lipinski definition) is 1. The molecule has 0 spiro atoms. The maximum Gasteiger partial charge on any atom is 0.163 e. The van der Waals surface area contributed by atoms with E-state index in [1.54, 1.807) is 4.68 Å². The van der Waals surface area contributed by atoms with Crippen molar-refractivity contribution < 1.29 is 5.11 Å². The van der Waals surface area contributed by atoms with Gasteiger partial charge in [0.05, 0.1) is 16.6 Å². The minimum Gasteiger partial charge on any atom is -0.507 e. The van der Waals surface area contributed by atoms with Crippen molar-refractivity contribution in [3.05, 3.63) is 42.2 Å². The lowest BCUT2D eigenvalue weighted by Gasteiger charge is -2.28. The Balaban J connectivity index is 1.53. The van der Waals surface area contributed by atoms with Gasteiger partial charge in [0.25, 0.3) is 0 Å². The molecule has 2 aromatic carbocycles. The van der Waals surface area contributed by atoms with Crippen molar-refractivity contribution in [2.45, 2.75) is 40.0 Å². The van der Waals surface area contributed by atoms with Crippen LogP contribution in [0.2, 0.25) is 0 Å². The van der Waals surface area contributed by atoms with Gasteiger partial charge >= 0.3 is 0 Å². The Kier molecular flexibility index (Phi) is 4.61. The van der Waals surface area contributed by atoms with Gasteiger partial charge in [0.1, 0.15) is 5.75 Å². The van der Waals surface area contributed by atoms with E-state index >= 15 is 0 Å². The molecule has 31 heavy (non-hydrogen) atoms. The fraction of sp³-hybridized carbons (Fsp3) is 0.400. The Morgan fingerprint density at radius 3 is 2.74 bits per heavy atom. The first-order chi connectivity index (χ1) is 14.9. The van der Waals surface area contributed by atoms with Gasteiger partial charge in [0.2, 0.25) is 0 Å². The van der Waals surface area contributed by atoms with Gasteiger partial charge in [0.15, 0.2) is 5.82 Å². The highest BCUT2D eigenvalue weighted by molar-refractivity contribution is 5.91. The zero-order valence-corrected chi connectivity index (χ0v) is 18.7. The second-order valence-corrected chi connectivity index (χ2v) is 9.31. The second-order valence-electron chi connectivity index (χ2n) is 9.31. The van der Waals surface area contributed by atoms with Crippen LogP contribution >= 0.6 is 0 Å². The smallest absolute Gasteiger partial charge is 0.163 e. The second kappa shape index (κ2) is 7.22. The molecule has 0 saturated heterocycles. The normalized spacial score (nSPS) is 15.0. The topological polar surface area (TPSA) is 67.1 Å². The Labute approximate surface area is 182 Å². The van der Waals surface area contributed by atoms with Gasteiger partial charge < -0.3 is 10.0 Å². The molecule has 0 amide bonds. The van der Waals surface area contributed by atoms with Crippen molar-refractivity contribution >= 4 is 27.5 Å². The van der Waals surface area contributed by atoms with Crippen LogP contribution in [0.3, 0.4) is 0 Å². The zero-order valence-electron chi connectivity index (χ0n) is 18.7. The van der Waals surface area contributed by atoms with Crippen LogP contribution in [0, 0.1) is 12.3 Å². The van der Waals surface area contributed by atoms with Gasteiger partial charge in [-0.05, 0) is 55.9 Å². The lowest BCUT2D eigenvalue weighted by atomic mass is 10.0. The summed E-state index contributed by atoms with van der Waals surface area (Å²) in [4.78, 5) is 11.9. The molecule has 1 fully saturated rings. The molecule has 6 heteroatoms. The number of nitrogens with zero attached hydrogens (tertiary/aromatic N) is 5. The molecule has 6 nitrogen and oxygen atoms in total. The summed E-state index contributed by atoms with van der Waals surface area (Å²) in [5, 5.41) is 17.2. The minimum atomic E-state index is 0.189. The Morgan fingerprint density at radius 2 is 2.00 bits per heavy atom. The van der Waals surface area contributed by atoms with Gasteiger partial charge in [0, 0.05) is 54.6 Å². The van der Waals surface area contributed by atoms with Crippen LogP contribution in [0.15, 0.2) is 36.7 Å². The zero-order chi connectivity index (χ0) is 21.8. The predicted molar refractivity (Wildman–Crippen MR) is 125 cm³/mol. The van der Waals surface area contributed by atoms with Crippen molar-refractivity contribution in [1.29, 1.82) is 0 Å². The van der Waals surface area contributed by atoms with Crippen molar-refractivity contribution in [2.75, 3.05) is 18.0 Å². The number of aromatic hydroxyl groups is 1. The highest BCUT2D eigenvalue weighted by Crippen LogP contribution is 2.46. The molecule has 1 aliphatic carbocycles. The molecule has 0 aliphatic heterocycles. The Bertz CT molecular complexity index is 1290. The van der Waals surface area contributed by atoms with Crippen molar-refractivity contribution in [2.24, 2.45) is 12.5 Å². The van der Waals surface area contributed by atoms with Gasteiger partial charge in [-0.15, -0.1) is 0 Å². The molecular formula is C25H29N5O. The highest BCUT2D eigenvalue weighted by atomic mass is 16.3. The predicted octanol–water partition coefficient (Wildman–Crippen LogP) is 5.21. The maximum atomic E-state index is 10.8. The third-order valence-electron chi connectivity index (χ3n) is 6.46. The summed E-state index contributed by atoms with van der Waals surface area (Å²) in [5.74, 6) is 0.719. The standard InChI is InChI=1S/C25H29N5O/c1-5-10-30(15-25(3)8-9-25)19-6-7-21-17(11-19)13-26-24(27-21)20-12-18-14-29(4)28-22(18)16(2)23(20)31/h6-7,11-14,31H,5,8-10,15H2,1-4H3. The third kappa shape index (κ3) is 3.60. The molecule has 2 aromatic heterocycles. The largest absolute Gasteiger partial charge is 0.507 e. The fourth-order valence-corrected chi connectivity index (χ4v) is 4.36. The van der Waals surface area contributed by atoms with Crippen LogP contribution in [0.1, 0.15) is 38.7 Å². The summed E-state index contributed by atoms with van der Waals surface area (Å²) in [6.07, 6.45) is 7.57. The van der Waals surface area contributed by atoms with Crippen LogP contribution in [0.25, 0.3) is 33.2 Å². The van der Waals surface area contributed by atoms with Gasteiger partial charge in [-0.2, -0.15) is 5.10 Å². The summed E-state index contributed by atoms with van der Waals surface area (Å²) in [7, 11) is 1.88. The number of aromatic nitrogens is 4. The molecule has 0 atom stereocenters. The molecule has 0 bridgehead atoms. The lowest BCUT2D eigenvalue weighted by molar-refractivity contribution is 0.473. The monoisotopic (exact) mass is 415 g/mol. The van der Waals surface area contributed by atoms with E-state index in [1.165, 1.54) is 18.5 Å². The number of phenols is 1. The van der Waals surface area contributed by atoms with E-state index in [2.05, 4.69) is 47.0 Å². The number of anilines is 1. The highest BCUT2D eigenvalue weighted by Gasteiger charge is 2.38.